The average Bonchev–Trinajstić information content (AvgIpc) is 2.67. The predicted molar refractivity (Wildman–Crippen MR) is 148 cm³/mol. The van der Waals surface area contributed by atoms with E-state index in [4.69, 9.17) is 33.5 Å². The molecule has 0 unspecified atom stereocenters. The maximum atomic E-state index is 11.8. The van der Waals surface area contributed by atoms with Gasteiger partial charge in [0.05, 0.1) is 16.7 Å². The Morgan fingerprint density at radius 3 is 1.34 bits per heavy atom. The average molecular weight is 651 g/mol. The molecule has 8 nitrogen and oxygen atoms in total. The van der Waals surface area contributed by atoms with Crippen molar-refractivity contribution < 1.29 is 16.8 Å². The van der Waals surface area contributed by atoms with E-state index in [-0.39, 0.29) is 69.5 Å². The molecule has 0 amide bonds. The molecule has 2 aliphatic heterocycles. The molecule has 4 N–H and O–H groups in total. The van der Waals surface area contributed by atoms with E-state index < -0.39 is 20.0 Å². The molecule has 0 saturated heterocycles. The second-order valence-corrected chi connectivity index (χ2v) is 11.7. The molecular formula is C19H26Cl6N4O4S2. The van der Waals surface area contributed by atoms with Crippen LogP contribution in [-0.2, 0) is 46.0 Å². The molecule has 35 heavy (non-hydrogen) atoms. The Morgan fingerprint density at radius 2 is 1.03 bits per heavy atom. The maximum absolute atomic E-state index is 11.8. The summed E-state index contributed by atoms with van der Waals surface area (Å²) in [6.07, 6.45) is 1.47. The first-order valence-corrected chi connectivity index (χ1v) is 13.4. The molecular weight excluding hydrogens is 625 g/mol. The Balaban J connectivity index is 0.00000289. The first-order valence-electron chi connectivity index (χ1n) is 9.56. The van der Waals surface area contributed by atoms with E-state index >= 15 is 0 Å². The molecule has 0 spiro atoms. The van der Waals surface area contributed by atoms with E-state index in [2.05, 4.69) is 9.80 Å². The highest BCUT2D eigenvalue weighted by molar-refractivity contribution is 7.89. The third-order valence-corrected chi connectivity index (χ3v) is 8.77. The van der Waals surface area contributed by atoms with Gasteiger partial charge in [-0.15, -0.1) is 49.6 Å². The van der Waals surface area contributed by atoms with Crippen LogP contribution in [0.25, 0.3) is 0 Å². The Labute approximate surface area is 240 Å². The summed E-state index contributed by atoms with van der Waals surface area (Å²) in [5.41, 5.74) is 3.56. The normalized spacial score (nSPS) is 15.9. The molecule has 2 aromatic carbocycles. The molecule has 16 heteroatoms. The van der Waals surface area contributed by atoms with E-state index in [0.29, 0.717) is 19.8 Å². The van der Waals surface area contributed by atoms with Crippen LogP contribution in [0.5, 0.6) is 0 Å². The minimum atomic E-state index is -3.90. The van der Waals surface area contributed by atoms with E-state index in [0.717, 1.165) is 48.2 Å². The van der Waals surface area contributed by atoms with Crippen LogP contribution < -0.4 is 10.3 Å². The van der Waals surface area contributed by atoms with Crippen molar-refractivity contribution in [2.75, 3.05) is 19.8 Å². The standard InChI is InChI=1S/C19H22Cl2N4O4S2.4ClH/c20-18-14-9-24(7-5-12(14)1-3-16(18)30(22,26)27)11-25-8-6-13-2-4-17(31(23,28)29)19(21)15(13)10-25;;;;/h1-4H,5-11H2,(H2,22,26,27)(H2,23,28,29);4*1H. The summed E-state index contributed by atoms with van der Waals surface area (Å²) in [5.74, 6) is 0. The highest BCUT2D eigenvalue weighted by Crippen LogP contribution is 2.34. The fourth-order valence-corrected chi connectivity index (χ4v) is 6.61. The van der Waals surface area contributed by atoms with Crippen molar-refractivity contribution in [3.63, 3.8) is 0 Å². The molecule has 0 aromatic heterocycles. The lowest BCUT2D eigenvalue weighted by Gasteiger charge is -2.37. The summed E-state index contributed by atoms with van der Waals surface area (Å²) in [4.78, 5) is 4.21. The van der Waals surface area contributed by atoms with Crippen LogP contribution >= 0.6 is 72.8 Å². The minimum absolute atomic E-state index is 0. The van der Waals surface area contributed by atoms with E-state index in [1.54, 1.807) is 12.1 Å². The van der Waals surface area contributed by atoms with Gasteiger partial charge in [-0.2, -0.15) is 0 Å². The quantitative estimate of drug-likeness (QED) is 0.523. The summed E-state index contributed by atoms with van der Waals surface area (Å²) in [6.45, 7) is 3.15. The van der Waals surface area contributed by atoms with Gasteiger partial charge in [-0.05, 0) is 47.2 Å². The van der Waals surface area contributed by atoms with Gasteiger partial charge in [0.2, 0.25) is 20.0 Å². The fourth-order valence-electron chi connectivity index (χ4n) is 4.22. The van der Waals surface area contributed by atoms with Crippen LogP contribution in [0.1, 0.15) is 22.3 Å². The van der Waals surface area contributed by atoms with Crippen molar-refractivity contribution in [2.24, 2.45) is 10.3 Å². The van der Waals surface area contributed by atoms with Gasteiger partial charge in [0.1, 0.15) is 9.79 Å². The van der Waals surface area contributed by atoms with Gasteiger partial charge in [-0.25, -0.2) is 27.1 Å². The molecule has 2 heterocycles. The number of halogens is 6. The number of primary sulfonamides is 2. The number of hydrogen-bond donors (Lipinski definition) is 2. The van der Waals surface area contributed by atoms with E-state index in [1.807, 2.05) is 0 Å². The van der Waals surface area contributed by atoms with Crippen molar-refractivity contribution in [1.29, 1.82) is 0 Å². The molecule has 0 atom stereocenters. The summed E-state index contributed by atoms with van der Waals surface area (Å²) >= 11 is 12.8. The Bertz CT molecular complexity index is 1180. The summed E-state index contributed by atoms with van der Waals surface area (Å²) in [5, 5.41) is 10.9. The Kier molecular flexibility index (Phi) is 13.1. The first-order chi connectivity index (χ1) is 14.4. The second kappa shape index (κ2) is 13.1. The Morgan fingerprint density at radius 1 is 0.686 bits per heavy atom. The minimum Gasteiger partial charge on any atom is -0.286 e. The number of fused-ring (bicyclic) bond motifs is 2. The van der Waals surface area contributed by atoms with E-state index in [1.165, 1.54) is 12.1 Å². The maximum Gasteiger partial charge on any atom is 0.239 e. The fraction of sp³-hybridized carbons (Fsp3) is 0.368. The highest BCUT2D eigenvalue weighted by Gasteiger charge is 2.27. The van der Waals surface area contributed by atoms with Gasteiger partial charge < -0.3 is 0 Å². The summed E-state index contributed by atoms with van der Waals surface area (Å²) in [7, 11) is -7.80. The van der Waals surface area contributed by atoms with Crippen molar-refractivity contribution in [3.05, 3.63) is 56.6 Å². The third kappa shape index (κ3) is 7.49. The van der Waals surface area contributed by atoms with Crippen molar-refractivity contribution in [2.45, 2.75) is 35.7 Å². The van der Waals surface area contributed by atoms with E-state index in [9.17, 15) is 16.8 Å². The van der Waals surface area contributed by atoms with Crippen LogP contribution in [0.15, 0.2) is 34.1 Å². The molecule has 2 aliphatic rings. The zero-order valence-electron chi connectivity index (χ0n) is 18.1. The lowest BCUT2D eigenvalue weighted by atomic mass is 9.99. The van der Waals surface area contributed by atoms with Crippen molar-refractivity contribution >= 4 is 92.9 Å². The van der Waals surface area contributed by atoms with Crippen LogP contribution in [0.2, 0.25) is 10.0 Å². The molecule has 0 aliphatic carbocycles. The van der Waals surface area contributed by atoms with Crippen LogP contribution in [-0.4, -0.2) is 46.4 Å². The van der Waals surface area contributed by atoms with Gasteiger partial charge in [-0.1, -0.05) is 35.3 Å². The monoisotopic (exact) mass is 648 g/mol. The molecule has 0 radical (unpaired) electrons. The van der Waals surface area contributed by atoms with Crippen molar-refractivity contribution in [1.82, 2.24) is 9.80 Å². The molecule has 0 saturated carbocycles. The number of nitrogens with two attached hydrogens (primary N) is 2. The van der Waals surface area contributed by atoms with Gasteiger partial charge >= 0.3 is 0 Å². The smallest absolute Gasteiger partial charge is 0.239 e. The topological polar surface area (TPSA) is 127 Å². The molecule has 200 valence electrons. The van der Waals surface area contributed by atoms with Crippen LogP contribution in [0.3, 0.4) is 0 Å². The lowest BCUT2D eigenvalue weighted by molar-refractivity contribution is 0.109. The largest absolute Gasteiger partial charge is 0.286 e. The van der Waals surface area contributed by atoms with Gasteiger partial charge in [0.15, 0.2) is 0 Å². The van der Waals surface area contributed by atoms with Gasteiger partial charge in [0.25, 0.3) is 0 Å². The molecule has 2 aromatic rings. The van der Waals surface area contributed by atoms with Crippen molar-refractivity contribution in [3.8, 4) is 0 Å². The highest BCUT2D eigenvalue weighted by atomic mass is 35.5. The number of hydrogen-bond acceptors (Lipinski definition) is 6. The van der Waals surface area contributed by atoms with Gasteiger partial charge in [0, 0.05) is 26.2 Å². The number of sulfonamides is 2. The third-order valence-electron chi connectivity index (χ3n) is 5.78. The summed E-state index contributed by atoms with van der Waals surface area (Å²) < 4.78 is 47.2. The van der Waals surface area contributed by atoms with Gasteiger partial charge in [-0.3, -0.25) is 9.80 Å². The van der Waals surface area contributed by atoms with Crippen LogP contribution in [0.4, 0.5) is 0 Å². The number of benzene rings is 2. The summed E-state index contributed by atoms with van der Waals surface area (Å²) in [6, 6.07) is 6.45. The van der Waals surface area contributed by atoms with Crippen LogP contribution in [0, 0.1) is 0 Å². The number of nitrogens with zero attached hydrogens (tertiary/aromatic N) is 2. The number of rotatable bonds is 4. The first kappa shape index (κ1) is 34.9. The molecule has 0 fully saturated rings. The zero-order chi connectivity index (χ0) is 22.6. The SMILES string of the molecule is Cl.Cl.Cl.Cl.NS(=O)(=O)c1ccc2c(c1Cl)CN(CN1CCc3ccc(S(N)(=O)=O)c(Cl)c3C1)CC2. The lowest BCUT2D eigenvalue weighted by Crippen LogP contribution is -2.43. The molecule has 4 rings (SSSR count). The second-order valence-electron chi connectivity index (χ2n) is 7.87. The molecule has 0 bridgehead atoms. The zero-order valence-corrected chi connectivity index (χ0v) is 24.6. The Hall–Kier alpha value is -0.0800. The predicted octanol–water partition coefficient (Wildman–Crippen LogP) is 3.35.